The molecule has 0 saturated heterocycles. The second-order valence-electron chi connectivity index (χ2n) is 13.1. The molecule has 52 heavy (non-hydrogen) atoms. The topological polar surface area (TPSA) is 35.4 Å². The van der Waals surface area contributed by atoms with Gasteiger partial charge < -0.3 is 19.2 Å². The highest BCUT2D eigenvalue weighted by Crippen LogP contribution is 2.42. The highest BCUT2D eigenvalue weighted by molar-refractivity contribution is 6.14. The highest BCUT2D eigenvalue weighted by Gasteiger charge is 2.18. The molecule has 10 rings (SSSR count). The van der Waals surface area contributed by atoms with Crippen LogP contribution >= 0.6 is 0 Å². The van der Waals surface area contributed by atoms with E-state index in [9.17, 15) is 0 Å². The standard InChI is InChI=1S/C48H33N3O/c1-5-14-34(15-6-1)50(35-16-7-2-8-17-35)38-26-29-45-44(31-38)43-23-13-22-40(48(43)49-45)33-24-27-41-42-28-25-39(32-47(42)52-46(41)30-33)51(36-18-9-3-10-19-36)37-20-11-4-12-21-37/h1-32,49H. The summed E-state index contributed by atoms with van der Waals surface area (Å²) in [6.07, 6.45) is 0. The zero-order chi connectivity index (χ0) is 34.4. The van der Waals surface area contributed by atoms with Crippen molar-refractivity contribution in [3.8, 4) is 11.1 Å². The Morgan fingerprint density at radius 1 is 0.346 bits per heavy atom. The Hall–Kier alpha value is -7.04. The van der Waals surface area contributed by atoms with Crippen molar-refractivity contribution in [2.24, 2.45) is 0 Å². The Morgan fingerprint density at radius 3 is 1.42 bits per heavy atom. The van der Waals surface area contributed by atoms with Crippen molar-refractivity contribution < 1.29 is 4.42 Å². The van der Waals surface area contributed by atoms with Crippen LogP contribution in [0.4, 0.5) is 34.1 Å². The summed E-state index contributed by atoms with van der Waals surface area (Å²) in [6, 6.07) is 68.4. The molecule has 0 amide bonds. The van der Waals surface area contributed by atoms with E-state index in [1.54, 1.807) is 0 Å². The molecule has 2 heterocycles. The first-order valence-electron chi connectivity index (χ1n) is 17.6. The average molecular weight is 668 g/mol. The summed E-state index contributed by atoms with van der Waals surface area (Å²) in [5, 5.41) is 4.58. The number of anilines is 6. The Labute approximate surface area is 301 Å². The van der Waals surface area contributed by atoms with E-state index in [1.165, 1.54) is 10.8 Å². The minimum absolute atomic E-state index is 0.860. The number of aromatic amines is 1. The van der Waals surface area contributed by atoms with E-state index in [0.29, 0.717) is 0 Å². The summed E-state index contributed by atoms with van der Waals surface area (Å²) in [5.41, 5.74) is 12.8. The van der Waals surface area contributed by atoms with Crippen molar-refractivity contribution in [2.75, 3.05) is 9.80 Å². The predicted molar refractivity (Wildman–Crippen MR) is 218 cm³/mol. The number of fused-ring (bicyclic) bond motifs is 6. The van der Waals surface area contributed by atoms with Crippen molar-refractivity contribution in [2.45, 2.75) is 0 Å². The lowest BCUT2D eigenvalue weighted by molar-refractivity contribution is 0.669. The normalized spacial score (nSPS) is 11.5. The van der Waals surface area contributed by atoms with Gasteiger partial charge >= 0.3 is 0 Å². The maximum Gasteiger partial charge on any atom is 0.137 e. The lowest BCUT2D eigenvalue weighted by atomic mass is 10.0. The van der Waals surface area contributed by atoms with Gasteiger partial charge in [-0.15, -0.1) is 0 Å². The molecule has 0 spiro atoms. The van der Waals surface area contributed by atoms with Crippen LogP contribution in [0.15, 0.2) is 199 Å². The molecule has 0 aliphatic rings. The van der Waals surface area contributed by atoms with Gasteiger partial charge in [0.25, 0.3) is 0 Å². The van der Waals surface area contributed by atoms with Gasteiger partial charge in [0.05, 0.1) is 5.52 Å². The molecule has 0 fully saturated rings. The van der Waals surface area contributed by atoms with Crippen LogP contribution in [0, 0.1) is 0 Å². The Bertz CT molecular complexity index is 2760. The molecule has 4 nitrogen and oxygen atoms in total. The lowest BCUT2D eigenvalue weighted by Gasteiger charge is -2.25. The number of furan rings is 1. The molecule has 0 unspecified atom stereocenters. The Kier molecular flexibility index (Phi) is 7.10. The van der Waals surface area contributed by atoms with Crippen molar-refractivity contribution in [1.29, 1.82) is 0 Å². The summed E-state index contributed by atoms with van der Waals surface area (Å²) in [6.45, 7) is 0. The first kappa shape index (κ1) is 29.8. The van der Waals surface area contributed by atoms with Gasteiger partial charge in [-0.05, 0) is 96.6 Å². The molecule has 0 saturated carbocycles. The molecule has 4 heteroatoms. The molecule has 8 aromatic carbocycles. The molecule has 2 aromatic heterocycles. The van der Waals surface area contributed by atoms with Crippen LogP contribution in [0.25, 0.3) is 54.9 Å². The average Bonchev–Trinajstić information content (AvgIpc) is 3.77. The van der Waals surface area contributed by atoms with Gasteiger partial charge in [-0.2, -0.15) is 0 Å². The van der Waals surface area contributed by atoms with Crippen molar-refractivity contribution in [3.05, 3.63) is 194 Å². The molecule has 0 radical (unpaired) electrons. The van der Waals surface area contributed by atoms with Crippen molar-refractivity contribution in [3.63, 3.8) is 0 Å². The molecule has 246 valence electrons. The summed E-state index contributed by atoms with van der Waals surface area (Å²) in [7, 11) is 0. The zero-order valence-electron chi connectivity index (χ0n) is 28.3. The maximum atomic E-state index is 6.63. The monoisotopic (exact) mass is 667 g/mol. The number of benzene rings is 8. The number of hydrogen-bond acceptors (Lipinski definition) is 3. The van der Waals surface area contributed by atoms with Crippen molar-refractivity contribution >= 4 is 77.9 Å². The smallest absolute Gasteiger partial charge is 0.137 e. The van der Waals surface area contributed by atoms with E-state index >= 15 is 0 Å². The van der Waals surface area contributed by atoms with E-state index in [2.05, 4.69) is 197 Å². The molecule has 0 bridgehead atoms. The molecule has 0 aliphatic heterocycles. The minimum atomic E-state index is 0.860. The van der Waals surface area contributed by atoms with E-state index in [0.717, 1.165) is 78.2 Å². The Morgan fingerprint density at radius 2 is 0.846 bits per heavy atom. The zero-order valence-corrected chi connectivity index (χ0v) is 28.3. The van der Waals surface area contributed by atoms with Gasteiger partial charge in [-0.1, -0.05) is 97.1 Å². The molecular formula is C48H33N3O. The highest BCUT2D eigenvalue weighted by atomic mass is 16.3. The molecule has 0 aliphatic carbocycles. The van der Waals surface area contributed by atoms with Gasteiger partial charge in [0.2, 0.25) is 0 Å². The fourth-order valence-corrected chi connectivity index (χ4v) is 7.56. The van der Waals surface area contributed by atoms with Crippen LogP contribution < -0.4 is 9.80 Å². The van der Waals surface area contributed by atoms with Gasteiger partial charge in [-0.3, -0.25) is 0 Å². The van der Waals surface area contributed by atoms with Crippen LogP contribution in [0.5, 0.6) is 0 Å². The van der Waals surface area contributed by atoms with Crippen LogP contribution in [0.2, 0.25) is 0 Å². The summed E-state index contributed by atoms with van der Waals surface area (Å²) >= 11 is 0. The first-order valence-corrected chi connectivity index (χ1v) is 17.6. The van der Waals surface area contributed by atoms with E-state index in [-0.39, 0.29) is 0 Å². The minimum Gasteiger partial charge on any atom is -0.456 e. The quantitative estimate of drug-likeness (QED) is 0.184. The maximum absolute atomic E-state index is 6.63. The van der Waals surface area contributed by atoms with E-state index in [1.807, 2.05) is 12.1 Å². The summed E-state index contributed by atoms with van der Waals surface area (Å²) in [4.78, 5) is 8.33. The summed E-state index contributed by atoms with van der Waals surface area (Å²) in [5.74, 6) is 0. The third-order valence-corrected chi connectivity index (χ3v) is 9.96. The van der Waals surface area contributed by atoms with Crippen LogP contribution in [0.3, 0.4) is 0 Å². The molecule has 1 N–H and O–H groups in total. The number of para-hydroxylation sites is 5. The van der Waals surface area contributed by atoms with Gasteiger partial charge in [0, 0.05) is 72.8 Å². The van der Waals surface area contributed by atoms with E-state index in [4.69, 9.17) is 4.42 Å². The third-order valence-electron chi connectivity index (χ3n) is 9.96. The Balaban J connectivity index is 1.06. The van der Waals surface area contributed by atoms with Gasteiger partial charge in [-0.25, -0.2) is 0 Å². The number of nitrogens with zero attached hydrogens (tertiary/aromatic N) is 2. The second-order valence-corrected chi connectivity index (χ2v) is 13.1. The predicted octanol–water partition coefficient (Wildman–Crippen LogP) is 13.8. The number of aromatic nitrogens is 1. The number of H-pyrrole nitrogens is 1. The number of hydrogen-bond donors (Lipinski definition) is 1. The lowest BCUT2D eigenvalue weighted by Crippen LogP contribution is -2.09. The number of rotatable bonds is 7. The molecule has 0 atom stereocenters. The van der Waals surface area contributed by atoms with Crippen LogP contribution in [0.1, 0.15) is 0 Å². The summed E-state index contributed by atoms with van der Waals surface area (Å²) < 4.78 is 6.63. The fourth-order valence-electron chi connectivity index (χ4n) is 7.56. The second kappa shape index (κ2) is 12.4. The van der Waals surface area contributed by atoms with Crippen LogP contribution in [-0.4, -0.2) is 4.98 Å². The largest absolute Gasteiger partial charge is 0.456 e. The third kappa shape index (κ3) is 5.09. The van der Waals surface area contributed by atoms with E-state index < -0.39 is 0 Å². The SMILES string of the molecule is c1ccc(N(c2ccccc2)c2ccc3c(c2)oc2cc(-c4cccc5c4[nH]c4ccc(N(c6ccccc6)c6ccccc6)cc45)ccc23)cc1. The van der Waals surface area contributed by atoms with Crippen molar-refractivity contribution in [1.82, 2.24) is 4.98 Å². The molecule has 10 aromatic rings. The fraction of sp³-hybridized carbons (Fsp3) is 0. The first-order chi connectivity index (χ1) is 25.8. The van der Waals surface area contributed by atoms with Gasteiger partial charge in [0.15, 0.2) is 0 Å². The number of nitrogens with one attached hydrogen (secondary N) is 1. The van der Waals surface area contributed by atoms with Crippen LogP contribution in [-0.2, 0) is 0 Å². The molecular weight excluding hydrogens is 635 g/mol. The van der Waals surface area contributed by atoms with Gasteiger partial charge in [0.1, 0.15) is 11.2 Å².